The molecule has 0 atom stereocenters. The van der Waals surface area contributed by atoms with Crippen molar-refractivity contribution in [2.45, 2.75) is 13.8 Å². The molecule has 0 spiro atoms. The van der Waals surface area contributed by atoms with Crippen LogP contribution in [0.2, 0.25) is 0 Å². The minimum atomic E-state index is 1.02. The third-order valence-electron chi connectivity index (χ3n) is 1.18. The van der Waals surface area contributed by atoms with Crippen LogP contribution in [0.25, 0.3) is 0 Å². The van der Waals surface area contributed by atoms with Crippen molar-refractivity contribution in [2.75, 3.05) is 7.05 Å². The lowest BCUT2D eigenvalue weighted by molar-refractivity contribution is 1.43. The molecule has 0 aliphatic heterocycles. The lowest BCUT2D eigenvalue weighted by Gasteiger charge is -1.84. The fourth-order valence-electron chi connectivity index (χ4n) is 0.489. The quantitative estimate of drug-likeness (QED) is 0.432. The molecule has 0 bridgehead atoms. The SMILES string of the molecule is C=C(C)/C=C/C=C\C(C)=NC. The van der Waals surface area contributed by atoms with Gasteiger partial charge >= 0.3 is 0 Å². The van der Waals surface area contributed by atoms with Gasteiger partial charge in [0.05, 0.1) is 0 Å². The largest absolute Gasteiger partial charge is 0.293 e. The molecule has 0 unspecified atom stereocenters. The summed E-state index contributed by atoms with van der Waals surface area (Å²) >= 11 is 0. The smallest absolute Gasteiger partial charge is 0.0313 e. The van der Waals surface area contributed by atoms with Crippen LogP contribution >= 0.6 is 0 Å². The van der Waals surface area contributed by atoms with Crippen LogP contribution in [-0.2, 0) is 0 Å². The fraction of sp³-hybridized carbons (Fsp3) is 0.300. The Bertz CT molecular complexity index is 207. The first-order valence-electron chi connectivity index (χ1n) is 3.60. The summed E-state index contributed by atoms with van der Waals surface area (Å²) in [4.78, 5) is 3.98. The van der Waals surface area contributed by atoms with E-state index in [1.54, 1.807) is 7.05 Å². The van der Waals surface area contributed by atoms with Gasteiger partial charge in [0.25, 0.3) is 0 Å². The average molecular weight is 149 g/mol. The Morgan fingerprint density at radius 3 is 2.18 bits per heavy atom. The summed E-state index contributed by atoms with van der Waals surface area (Å²) in [6, 6.07) is 0. The van der Waals surface area contributed by atoms with Gasteiger partial charge in [0.2, 0.25) is 0 Å². The van der Waals surface area contributed by atoms with Gasteiger partial charge < -0.3 is 0 Å². The molecule has 0 saturated heterocycles. The van der Waals surface area contributed by atoms with Crippen LogP contribution in [0.5, 0.6) is 0 Å². The van der Waals surface area contributed by atoms with Crippen LogP contribution in [0.15, 0.2) is 41.4 Å². The summed E-state index contributed by atoms with van der Waals surface area (Å²) in [5.41, 5.74) is 2.08. The zero-order valence-electron chi connectivity index (χ0n) is 7.46. The highest BCUT2D eigenvalue weighted by Gasteiger charge is 1.75. The minimum absolute atomic E-state index is 1.02. The van der Waals surface area contributed by atoms with E-state index in [1.807, 2.05) is 38.2 Å². The second-order valence-corrected chi connectivity index (χ2v) is 2.43. The molecule has 1 heteroatoms. The molecule has 0 aromatic rings. The summed E-state index contributed by atoms with van der Waals surface area (Å²) in [7, 11) is 1.78. The van der Waals surface area contributed by atoms with Gasteiger partial charge in [-0.15, -0.1) is 0 Å². The summed E-state index contributed by atoms with van der Waals surface area (Å²) in [5.74, 6) is 0. The van der Waals surface area contributed by atoms with E-state index in [1.165, 1.54) is 0 Å². The van der Waals surface area contributed by atoms with Crippen LogP contribution in [-0.4, -0.2) is 12.8 Å². The molecule has 11 heavy (non-hydrogen) atoms. The van der Waals surface area contributed by atoms with Gasteiger partial charge in [-0.25, -0.2) is 0 Å². The molecule has 0 fully saturated rings. The van der Waals surface area contributed by atoms with E-state index in [-0.39, 0.29) is 0 Å². The minimum Gasteiger partial charge on any atom is -0.293 e. The van der Waals surface area contributed by atoms with Gasteiger partial charge in [-0.2, -0.15) is 0 Å². The van der Waals surface area contributed by atoms with Gasteiger partial charge in [0.1, 0.15) is 0 Å². The Morgan fingerprint density at radius 2 is 1.73 bits per heavy atom. The third-order valence-corrected chi connectivity index (χ3v) is 1.18. The second kappa shape index (κ2) is 5.66. The maximum absolute atomic E-state index is 3.98. The van der Waals surface area contributed by atoms with Gasteiger partial charge in [-0.3, -0.25) is 4.99 Å². The number of hydrogen-bond acceptors (Lipinski definition) is 1. The third kappa shape index (κ3) is 6.78. The van der Waals surface area contributed by atoms with E-state index in [2.05, 4.69) is 11.6 Å². The topological polar surface area (TPSA) is 12.4 Å². The Kier molecular flexibility index (Phi) is 5.09. The summed E-state index contributed by atoms with van der Waals surface area (Å²) in [6.07, 6.45) is 7.83. The summed E-state index contributed by atoms with van der Waals surface area (Å²) in [5, 5.41) is 0. The summed E-state index contributed by atoms with van der Waals surface area (Å²) < 4.78 is 0. The first kappa shape index (κ1) is 9.89. The van der Waals surface area contributed by atoms with Crippen molar-refractivity contribution in [3.8, 4) is 0 Å². The highest BCUT2D eigenvalue weighted by Crippen LogP contribution is 1.89. The molecule has 0 amide bonds. The summed E-state index contributed by atoms with van der Waals surface area (Å²) in [6.45, 7) is 7.67. The van der Waals surface area contributed by atoms with Crippen LogP contribution in [0, 0.1) is 0 Å². The highest BCUT2D eigenvalue weighted by atomic mass is 14.7. The molecule has 0 N–H and O–H groups in total. The molecule has 0 aliphatic rings. The zero-order chi connectivity index (χ0) is 8.69. The predicted molar refractivity (Wildman–Crippen MR) is 52.1 cm³/mol. The van der Waals surface area contributed by atoms with Crippen molar-refractivity contribution in [2.24, 2.45) is 4.99 Å². The fourth-order valence-corrected chi connectivity index (χ4v) is 0.489. The molecule has 0 aliphatic carbocycles. The first-order chi connectivity index (χ1) is 5.16. The molecule has 1 nitrogen and oxygen atoms in total. The molecule has 0 heterocycles. The standard InChI is InChI=1S/C10H15N/c1-9(2)7-5-6-8-10(3)11-4/h5-8H,1H2,2-4H3/b7-5+,8-6-,11-10?. The lowest BCUT2D eigenvalue weighted by Crippen LogP contribution is -1.80. The maximum atomic E-state index is 3.98. The van der Waals surface area contributed by atoms with Gasteiger partial charge in [-0.1, -0.05) is 30.4 Å². The number of allylic oxidation sites excluding steroid dienone is 5. The molecular weight excluding hydrogens is 134 g/mol. The number of nitrogens with zero attached hydrogens (tertiary/aromatic N) is 1. The van der Waals surface area contributed by atoms with Gasteiger partial charge in [-0.05, 0) is 19.9 Å². The normalized spacial score (nSPS) is 13.2. The Balaban J connectivity index is 3.87. The van der Waals surface area contributed by atoms with Crippen molar-refractivity contribution in [3.05, 3.63) is 36.5 Å². The molecule has 0 rings (SSSR count). The van der Waals surface area contributed by atoms with E-state index >= 15 is 0 Å². The Morgan fingerprint density at radius 1 is 1.18 bits per heavy atom. The van der Waals surface area contributed by atoms with Crippen LogP contribution in [0.1, 0.15) is 13.8 Å². The molecule has 60 valence electrons. The lowest BCUT2D eigenvalue weighted by atomic mass is 10.3. The van der Waals surface area contributed by atoms with Crippen LogP contribution in [0.3, 0.4) is 0 Å². The number of aliphatic imine (C=N–C) groups is 1. The van der Waals surface area contributed by atoms with E-state index in [9.17, 15) is 0 Å². The maximum Gasteiger partial charge on any atom is 0.0313 e. The molecule has 0 aromatic carbocycles. The second-order valence-electron chi connectivity index (χ2n) is 2.43. The molecule has 0 saturated carbocycles. The molecule has 0 aromatic heterocycles. The highest BCUT2D eigenvalue weighted by molar-refractivity contribution is 5.92. The van der Waals surface area contributed by atoms with E-state index < -0.39 is 0 Å². The van der Waals surface area contributed by atoms with Crippen LogP contribution in [0.4, 0.5) is 0 Å². The predicted octanol–water partition coefficient (Wildman–Crippen LogP) is 2.77. The number of hydrogen-bond donors (Lipinski definition) is 0. The average Bonchev–Trinajstić information content (AvgIpc) is 1.97. The van der Waals surface area contributed by atoms with E-state index in [0.717, 1.165) is 11.3 Å². The van der Waals surface area contributed by atoms with Gasteiger partial charge in [0.15, 0.2) is 0 Å². The van der Waals surface area contributed by atoms with Crippen LogP contribution < -0.4 is 0 Å². The first-order valence-corrected chi connectivity index (χ1v) is 3.60. The van der Waals surface area contributed by atoms with Gasteiger partial charge in [0, 0.05) is 12.8 Å². The Hall–Kier alpha value is -1.11. The monoisotopic (exact) mass is 149 g/mol. The molecule has 0 radical (unpaired) electrons. The van der Waals surface area contributed by atoms with Crippen molar-refractivity contribution >= 4 is 5.71 Å². The van der Waals surface area contributed by atoms with E-state index in [0.29, 0.717) is 0 Å². The van der Waals surface area contributed by atoms with Crippen molar-refractivity contribution in [3.63, 3.8) is 0 Å². The zero-order valence-corrected chi connectivity index (χ0v) is 7.46. The van der Waals surface area contributed by atoms with Crippen molar-refractivity contribution in [1.82, 2.24) is 0 Å². The van der Waals surface area contributed by atoms with Crippen molar-refractivity contribution in [1.29, 1.82) is 0 Å². The van der Waals surface area contributed by atoms with E-state index in [4.69, 9.17) is 0 Å². The Labute approximate surface area is 68.9 Å². The molecular formula is C10H15N. The number of rotatable bonds is 3. The van der Waals surface area contributed by atoms with Crippen molar-refractivity contribution < 1.29 is 0 Å².